The summed E-state index contributed by atoms with van der Waals surface area (Å²) in [6, 6.07) is 13.1. The number of methoxy groups -OCH3 is 1. The van der Waals surface area contributed by atoms with Gasteiger partial charge in [-0.05, 0) is 30.3 Å². The van der Waals surface area contributed by atoms with Gasteiger partial charge >= 0.3 is 0 Å². The minimum absolute atomic E-state index is 0.187. The van der Waals surface area contributed by atoms with Crippen molar-refractivity contribution in [3.05, 3.63) is 66.0 Å². The van der Waals surface area contributed by atoms with E-state index in [0.29, 0.717) is 22.8 Å². The van der Waals surface area contributed by atoms with Crippen LogP contribution < -0.4 is 20.1 Å². The summed E-state index contributed by atoms with van der Waals surface area (Å²) in [6.07, 6.45) is 5.44. The van der Waals surface area contributed by atoms with Crippen LogP contribution in [0.1, 0.15) is 5.56 Å². The first-order valence-corrected chi connectivity index (χ1v) is 8.80. The molecule has 2 heterocycles. The predicted octanol–water partition coefficient (Wildman–Crippen LogP) is 3.59. The molecule has 0 atom stereocenters. The highest BCUT2D eigenvalue weighted by Gasteiger charge is 2.20. The van der Waals surface area contributed by atoms with E-state index < -0.39 is 0 Å². The van der Waals surface area contributed by atoms with E-state index >= 15 is 0 Å². The predicted molar refractivity (Wildman–Crippen MR) is 108 cm³/mol. The molecule has 0 aliphatic carbocycles. The molecule has 28 heavy (non-hydrogen) atoms. The third kappa shape index (κ3) is 3.68. The number of fused-ring (bicyclic) bond motifs is 1. The molecule has 0 saturated carbocycles. The number of hydrogen-bond acceptors (Lipinski definition) is 5. The molecule has 0 radical (unpaired) electrons. The Balaban J connectivity index is 1.49. The van der Waals surface area contributed by atoms with E-state index in [1.54, 1.807) is 18.0 Å². The maximum atomic E-state index is 12.7. The van der Waals surface area contributed by atoms with Crippen molar-refractivity contribution < 1.29 is 14.3 Å². The van der Waals surface area contributed by atoms with E-state index in [0.717, 1.165) is 16.9 Å². The third-order valence-corrected chi connectivity index (χ3v) is 4.34. The molecule has 0 unspecified atom stereocenters. The summed E-state index contributed by atoms with van der Waals surface area (Å²) < 4.78 is 12.8. The van der Waals surface area contributed by atoms with Crippen molar-refractivity contribution in [1.29, 1.82) is 0 Å². The Morgan fingerprint density at radius 2 is 2.00 bits per heavy atom. The van der Waals surface area contributed by atoms with Crippen LogP contribution in [0.3, 0.4) is 0 Å². The SMILES string of the molecule is COc1cccc2c1OCC(C(=O)Nc1cccc(Nc3cnn(C)c3)c1)=C2. The van der Waals surface area contributed by atoms with E-state index in [9.17, 15) is 4.79 Å². The lowest BCUT2D eigenvalue weighted by Crippen LogP contribution is -2.21. The lowest BCUT2D eigenvalue weighted by Gasteiger charge is -2.19. The first-order chi connectivity index (χ1) is 13.6. The topological polar surface area (TPSA) is 77.4 Å². The Hall–Kier alpha value is -3.74. The van der Waals surface area contributed by atoms with Crippen LogP contribution in [0.15, 0.2) is 60.4 Å². The van der Waals surface area contributed by atoms with Crippen LogP contribution in [0.25, 0.3) is 6.08 Å². The van der Waals surface area contributed by atoms with E-state index in [2.05, 4.69) is 15.7 Å². The first-order valence-electron chi connectivity index (χ1n) is 8.80. The van der Waals surface area contributed by atoms with Gasteiger partial charge in [0.15, 0.2) is 11.5 Å². The van der Waals surface area contributed by atoms with Gasteiger partial charge in [0.1, 0.15) is 6.61 Å². The van der Waals surface area contributed by atoms with E-state index in [-0.39, 0.29) is 12.5 Å². The molecule has 7 heteroatoms. The average Bonchev–Trinajstić information content (AvgIpc) is 3.11. The molecule has 0 spiro atoms. The van der Waals surface area contributed by atoms with Crippen LogP contribution in [0.4, 0.5) is 17.1 Å². The van der Waals surface area contributed by atoms with Gasteiger partial charge in [0, 0.05) is 30.2 Å². The normalized spacial score (nSPS) is 12.4. The summed E-state index contributed by atoms with van der Waals surface area (Å²) >= 11 is 0. The van der Waals surface area contributed by atoms with Crippen molar-refractivity contribution in [2.45, 2.75) is 0 Å². The third-order valence-electron chi connectivity index (χ3n) is 4.34. The Bertz CT molecular complexity index is 1060. The minimum Gasteiger partial charge on any atom is -0.493 e. The lowest BCUT2D eigenvalue weighted by atomic mass is 10.1. The van der Waals surface area contributed by atoms with Gasteiger partial charge in [0.2, 0.25) is 0 Å². The first kappa shape index (κ1) is 17.7. The van der Waals surface area contributed by atoms with Gasteiger partial charge in [-0.1, -0.05) is 18.2 Å². The molecule has 1 aliphatic rings. The molecule has 142 valence electrons. The van der Waals surface area contributed by atoms with Crippen LogP contribution in [0.2, 0.25) is 0 Å². The van der Waals surface area contributed by atoms with Crippen molar-refractivity contribution in [3.8, 4) is 11.5 Å². The zero-order valence-corrected chi connectivity index (χ0v) is 15.6. The van der Waals surface area contributed by atoms with Gasteiger partial charge in [0.25, 0.3) is 5.91 Å². The second-order valence-electron chi connectivity index (χ2n) is 6.40. The Kier molecular flexibility index (Phi) is 4.72. The number of nitrogens with one attached hydrogen (secondary N) is 2. The fourth-order valence-electron chi connectivity index (χ4n) is 3.01. The number of aromatic nitrogens is 2. The van der Waals surface area contributed by atoms with Crippen LogP contribution in [-0.4, -0.2) is 29.4 Å². The van der Waals surface area contributed by atoms with Gasteiger partial charge < -0.3 is 20.1 Å². The smallest absolute Gasteiger partial charge is 0.255 e. The van der Waals surface area contributed by atoms with Crippen molar-refractivity contribution in [2.24, 2.45) is 7.05 Å². The maximum absolute atomic E-state index is 12.7. The highest BCUT2D eigenvalue weighted by atomic mass is 16.5. The number of amides is 1. The van der Waals surface area contributed by atoms with Gasteiger partial charge in [-0.15, -0.1) is 0 Å². The Labute approximate surface area is 162 Å². The lowest BCUT2D eigenvalue weighted by molar-refractivity contribution is -0.113. The molecule has 0 bridgehead atoms. The summed E-state index contributed by atoms with van der Waals surface area (Å²) in [6.45, 7) is 0.187. The molecule has 0 saturated heterocycles. The Morgan fingerprint density at radius 3 is 2.79 bits per heavy atom. The average molecular weight is 376 g/mol. The minimum atomic E-state index is -0.202. The molecule has 1 aliphatic heterocycles. The number of hydrogen-bond donors (Lipinski definition) is 2. The number of aryl methyl sites for hydroxylation is 1. The zero-order valence-electron chi connectivity index (χ0n) is 15.6. The van der Waals surface area contributed by atoms with Crippen LogP contribution in [-0.2, 0) is 11.8 Å². The summed E-state index contributed by atoms with van der Waals surface area (Å²) in [7, 11) is 3.45. The van der Waals surface area contributed by atoms with Gasteiger partial charge in [-0.3, -0.25) is 9.48 Å². The molecule has 2 N–H and O–H groups in total. The molecule has 3 aromatic rings. The number of carbonyl (C=O) groups excluding carboxylic acids is 1. The number of para-hydroxylation sites is 1. The molecule has 1 aromatic heterocycles. The van der Waals surface area contributed by atoms with E-state index in [4.69, 9.17) is 9.47 Å². The molecular formula is C21H20N4O3. The van der Waals surface area contributed by atoms with Crippen molar-refractivity contribution in [1.82, 2.24) is 9.78 Å². The van der Waals surface area contributed by atoms with E-state index in [1.165, 1.54) is 0 Å². The molecule has 0 fully saturated rings. The number of anilines is 3. The highest BCUT2D eigenvalue weighted by molar-refractivity contribution is 6.07. The molecule has 7 nitrogen and oxygen atoms in total. The van der Waals surface area contributed by atoms with E-state index in [1.807, 2.05) is 61.8 Å². The summed E-state index contributed by atoms with van der Waals surface area (Å²) in [4.78, 5) is 12.7. The number of rotatable bonds is 5. The van der Waals surface area contributed by atoms with Gasteiger partial charge in [-0.25, -0.2) is 0 Å². The van der Waals surface area contributed by atoms with Crippen LogP contribution in [0.5, 0.6) is 11.5 Å². The van der Waals surface area contributed by atoms with Crippen molar-refractivity contribution in [3.63, 3.8) is 0 Å². The summed E-state index contributed by atoms with van der Waals surface area (Å²) in [5, 5.41) is 10.3. The molecule has 2 aromatic carbocycles. The van der Waals surface area contributed by atoms with Crippen molar-refractivity contribution in [2.75, 3.05) is 24.4 Å². The monoisotopic (exact) mass is 376 g/mol. The quantitative estimate of drug-likeness (QED) is 0.712. The fourth-order valence-corrected chi connectivity index (χ4v) is 3.01. The van der Waals surface area contributed by atoms with Crippen molar-refractivity contribution >= 4 is 29.0 Å². The maximum Gasteiger partial charge on any atom is 0.255 e. The zero-order chi connectivity index (χ0) is 19.5. The standard InChI is InChI=1S/C21H20N4O3/c1-25-12-18(11-22-25)23-16-6-4-7-17(10-16)24-21(26)15-9-14-5-3-8-19(27-2)20(14)28-13-15/h3-12,23H,13H2,1-2H3,(H,24,26). The molecule has 4 rings (SSSR count). The second-order valence-corrected chi connectivity index (χ2v) is 6.40. The summed E-state index contributed by atoms with van der Waals surface area (Å²) in [5.41, 5.74) is 3.79. The summed E-state index contributed by atoms with van der Waals surface area (Å²) in [5.74, 6) is 1.11. The number of nitrogens with zero attached hydrogens (tertiary/aromatic N) is 2. The van der Waals surface area contributed by atoms with Gasteiger partial charge in [0.05, 0.1) is 24.6 Å². The number of ether oxygens (including phenoxy) is 2. The highest BCUT2D eigenvalue weighted by Crippen LogP contribution is 2.35. The largest absolute Gasteiger partial charge is 0.493 e. The van der Waals surface area contributed by atoms with Gasteiger partial charge in [-0.2, -0.15) is 5.10 Å². The second kappa shape index (κ2) is 7.48. The number of benzene rings is 2. The van der Waals surface area contributed by atoms with Crippen LogP contribution >= 0.6 is 0 Å². The molecular weight excluding hydrogens is 356 g/mol. The number of carbonyl (C=O) groups is 1. The van der Waals surface area contributed by atoms with Crippen LogP contribution in [0, 0.1) is 0 Å². The fraction of sp³-hybridized carbons (Fsp3) is 0.143. The molecule has 1 amide bonds. The Morgan fingerprint density at radius 1 is 1.18 bits per heavy atom.